The lowest BCUT2D eigenvalue weighted by Crippen LogP contribution is -2.49. The van der Waals surface area contributed by atoms with Gasteiger partial charge >= 0.3 is 5.97 Å². The summed E-state index contributed by atoms with van der Waals surface area (Å²) in [5.74, 6) is -1.81. The maximum absolute atomic E-state index is 13.6. The number of aryl methyl sites for hydroxylation is 1. The van der Waals surface area contributed by atoms with Crippen molar-refractivity contribution in [1.29, 1.82) is 0 Å². The molecule has 4 nitrogen and oxygen atoms in total. The smallest absolute Gasteiger partial charge is 0.308 e. The van der Waals surface area contributed by atoms with Crippen molar-refractivity contribution in [2.45, 2.75) is 82.3 Å². The lowest BCUT2D eigenvalue weighted by molar-refractivity contribution is -0.143. The second-order valence-corrected chi connectivity index (χ2v) is 19.7. The maximum Gasteiger partial charge on any atom is 0.308 e. The third-order valence-corrected chi connectivity index (χ3v) is 12.8. The Morgan fingerprint density at radius 1 is 1.12 bits per heavy atom. The van der Waals surface area contributed by atoms with Gasteiger partial charge in [0.25, 0.3) is 0 Å². The lowest BCUT2D eigenvalue weighted by atomic mass is 9.83. The Balaban J connectivity index is 2.02. The van der Waals surface area contributed by atoms with E-state index in [0.717, 1.165) is 42.2 Å². The fraction of sp³-hybridized carbons (Fsp3) is 0.577. The number of carbonyl (C=O) groups is 1. The summed E-state index contributed by atoms with van der Waals surface area (Å²) in [5.41, 5.74) is 2.37. The highest BCUT2D eigenvalue weighted by Crippen LogP contribution is 2.51. The second-order valence-electron chi connectivity index (χ2n) is 10.6. The summed E-state index contributed by atoms with van der Waals surface area (Å²) >= 11 is 1.47. The Morgan fingerprint density at radius 3 is 2.39 bits per heavy atom. The Kier molecular flexibility index (Phi) is 8.28. The van der Waals surface area contributed by atoms with Crippen LogP contribution in [0.3, 0.4) is 0 Å². The highest BCUT2D eigenvalue weighted by molar-refractivity contribution is 7.92. The fourth-order valence-corrected chi connectivity index (χ4v) is 10.2. The standard InChI is InChI=1S/C26H38O4S2Si/c1-5-6-9-20-10-12-21(13-11-20)23-14-15-24(31-23)26(17-7-8-18-32(26,29)30)22(25(27)28)16-19-33(2,3)4/h10-15,22H,5-9,16-19H2,1-4H3,(H,27,28)/t22?,26-/m0/s1. The van der Waals surface area contributed by atoms with Crippen LogP contribution in [0.5, 0.6) is 0 Å². The molecule has 1 aliphatic rings. The van der Waals surface area contributed by atoms with Gasteiger partial charge in [0.15, 0.2) is 9.84 Å². The Hall–Kier alpha value is -1.44. The molecule has 0 saturated carbocycles. The Bertz CT molecular complexity index is 1050. The summed E-state index contributed by atoms with van der Waals surface area (Å²) < 4.78 is 25.9. The van der Waals surface area contributed by atoms with Gasteiger partial charge in [-0.2, -0.15) is 0 Å². The van der Waals surface area contributed by atoms with E-state index in [-0.39, 0.29) is 5.75 Å². The van der Waals surface area contributed by atoms with Crippen molar-refractivity contribution in [2.75, 3.05) is 5.75 Å². The highest BCUT2D eigenvalue weighted by Gasteiger charge is 2.56. The minimum Gasteiger partial charge on any atom is -0.481 e. The number of rotatable bonds is 10. The van der Waals surface area contributed by atoms with Crippen LogP contribution >= 0.6 is 11.3 Å². The average molecular weight is 507 g/mol. The molecule has 1 aromatic carbocycles. The quantitative estimate of drug-likeness (QED) is 0.353. The number of carboxylic acid groups (broad SMARTS) is 1. The van der Waals surface area contributed by atoms with Crippen LogP contribution in [0.1, 0.15) is 55.9 Å². The van der Waals surface area contributed by atoms with Crippen molar-refractivity contribution >= 4 is 35.2 Å². The molecule has 182 valence electrons. The van der Waals surface area contributed by atoms with Gasteiger partial charge in [-0.3, -0.25) is 4.79 Å². The van der Waals surface area contributed by atoms with Crippen LogP contribution in [0.2, 0.25) is 25.7 Å². The number of sulfone groups is 1. The van der Waals surface area contributed by atoms with Crippen LogP contribution < -0.4 is 0 Å². The first kappa shape index (κ1) is 26.2. The van der Waals surface area contributed by atoms with Gasteiger partial charge in [0.2, 0.25) is 0 Å². The van der Waals surface area contributed by atoms with Crippen molar-refractivity contribution in [3.8, 4) is 10.4 Å². The topological polar surface area (TPSA) is 71.4 Å². The van der Waals surface area contributed by atoms with Crippen LogP contribution in [-0.2, 0) is 25.8 Å². The Morgan fingerprint density at radius 2 is 1.82 bits per heavy atom. The minimum atomic E-state index is -3.59. The van der Waals surface area contributed by atoms with Crippen molar-refractivity contribution < 1.29 is 18.3 Å². The predicted octanol–water partition coefficient (Wildman–Crippen LogP) is 6.98. The summed E-state index contributed by atoms with van der Waals surface area (Å²) in [6, 6.07) is 13.2. The van der Waals surface area contributed by atoms with E-state index in [4.69, 9.17) is 0 Å². The fourth-order valence-electron chi connectivity index (χ4n) is 4.93. The van der Waals surface area contributed by atoms with E-state index >= 15 is 0 Å². The molecule has 1 aliphatic heterocycles. The normalized spacial score (nSPS) is 21.6. The van der Waals surface area contributed by atoms with Crippen molar-refractivity contribution in [1.82, 2.24) is 0 Å². The van der Waals surface area contributed by atoms with Gasteiger partial charge in [0.1, 0.15) is 4.75 Å². The molecule has 0 spiro atoms. The van der Waals surface area contributed by atoms with Gasteiger partial charge < -0.3 is 5.11 Å². The molecule has 1 fully saturated rings. The number of carboxylic acids is 1. The Labute approximate surface area is 204 Å². The van der Waals surface area contributed by atoms with Crippen LogP contribution in [0.4, 0.5) is 0 Å². The van der Waals surface area contributed by atoms with Gasteiger partial charge in [-0.05, 0) is 55.4 Å². The van der Waals surface area contributed by atoms with Crippen molar-refractivity contribution in [3.05, 3.63) is 46.8 Å². The zero-order chi connectivity index (χ0) is 24.3. The SMILES string of the molecule is CCCCc1ccc(-c2ccc([C@@]3(C(CC[Si](C)(C)C)C(=O)O)CCCCS3(=O)=O)s2)cc1. The molecular formula is C26H38O4S2Si. The molecule has 0 radical (unpaired) electrons. The van der Waals surface area contributed by atoms with E-state index in [1.807, 2.05) is 12.1 Å². The van der Waals surface area contributed by atoms with Crippen LogP contribution in [0, 0.1) is 5.92 Å². The molecular weight excluding hydrogens is 469 g/mol. The molecule has 1 aromatic heterocycles. The first-order valence-corrected chi connectivity index (χ1v) is 18.3. The molecule has 2 heterocycles. The molecule has 1 saturated heterocycles. The molecule has 0 bridgehead atoms. The van der Waals surface area contributed by atoms with Gasteiger partial charge in [-0.1, -0.05) is 69.7 Å². The summed E-state index contributed by atoms with van der Waals surface area (Å²) in [4.78, 5) is 14.2. The van der Waals surface area contributed by atoms with Gasteiger partial charge in [-0.15, -0.1) is 11.3 Å². The zero-order valence-electron chi connectivity index (χ0n) is 20.4. The molecule has 2 atom stereocenters. The van der Waals surface area contributed by atoms with Crippen LogP contribution in [-0.4, -0.2) is 33.3 Å². The number of benzene rings is 1. The predicted molar refractivity (Wildman–Crippen MR) is 142 cm³/mol. The van der Waals surface area contributed by atoms with Crippen molar-refractivity contribution in [3.63, 3.8) is 0 Å². The van der Waals surface area contributed by atoms with E-state index in [9.17, 15) is 18.3 Å². The molecule has 0 aliphatic carbocycles. The zero-order valence-corrected chi connectivity index (χ0v) is 23.0. The van der Waals surface area contributed by atoms with Crippen LogP contribution in [0.25, 0.3) is 10.4 Å². The molecule has 1 unspecified atom stereocenters. The van der Waals surface area contributed by atoms with Gasteiger partial charge in [0.05, 0.1) is 11.7 Å². The second kappa shape index (κ2) is 10.4. The minimum absolute atomic E-state index is 0.0725. The summed E-state index contributed by atoms with van der Waals surface area (Å²) in [6.07, 6.45) is 5.56. The number of hydrogen-bond donors (Lipinski definition) is 1. The number of hydrogen-bond acceptors (Lipinski definition) is 4. The molecule has 3 rings (SSSR count). The summed E-state index contributed by atoms with van der Waals surface area (Å²) in [7, 11) is -5.12. The van der Waals surface area contributed by atoms with Gasteiger partial charge in [0, 0.05) is 17.8 Å². The third-order valence-electron chi connectivity index (χ3n) is 6.89. The van der Waals surface area contributed by atoms with Crippen LogP contribution in [0.15, 0.2) is 36.4 Å². The molecule has 1 N–H and O–H groups in total. The van der Waals surface area contributed by atoms with E-state index in [1.165, 1.54) is 16.9 Å². The van der Waals surface area contributed by atoms with E-state index in [0.29, 0.717) is 24.1 Å². The summed E-state index contributed by atoms with van der Waals surface area (Å²) in [6.45, 7) is 8.81. The summed E-state index contributed by atoms with van der Waals surface area (Å²) in [5, 5.41) is 10.3. The molecule has 2 aromatic rings. The molecule has 0 amide bonds. The first-order chi connectivity index (χ1) is 15.5. The molecule has 7 heteroatoms. The number of unbranched alkanes of at least 4 members (excludes halogenated alkanes) is 1. The first-order valence-electron chi connectivity index (χ1n) is 12.1. The highest BCUT2D eigenvalue weighted by atomic mass is 32.2. The van der Waals surface area contributed by atoms with Gasteiger partial charge in [-0.25, -0.2) is 8.42 Å². The lowest BCUT2D eigenvalue weighted by Gasteiger charge is -2.41. The van der Waals surface area contributed by atoms with E-state index < -0.39 is 34.5 Å². The van der Waals surface area contributed by atoms with E-state index in [1.54, 1.807) is 0 Å². The maximum atomic E-state index is 13.6. The van der Waals surface area contributed by atoms with Crippen molar-refractivity contribution in [2.24, 2.45) is 5.92 Å². The molecule has 33 heavy (non-hydrogen) atoms. The number of aliphatic carboxylic acids is 1. The number of thiophene rings is 1. The van der Waals surface area contributed by atoms with E-state index in [2.05, 4.69) is 50.8 Å². The monoisotopic (exact) mass is 506 g/mol. The average Bonchev–Trinajstić information content (AvgIpc) is 3.23. The largest absolute Gasteiger partial charge is 0.481 e. The third kappa shape index (κ3) is 5.80.